The number of hydrogen-bond donors (Lipinski definition) is 3. The number of ether oxygens (including phenoxy) is 1. The van der Waals surface area contributed by atoms with E-state index in [1.54, 1.807) is 10.8 Å². The number of anilines is 1. The molecule has 1 fully saturated rings. The molecule has 1 saturated carbocycles. The van der Waals surface area contributed by atoms with Crippen molar-refractivity contribution in [3.05, 3.63) is 22.3 Å². The van der Waals surface area contributed by atoms with Gasteiger partial charge < -0.3 is 15.6 Å². The molecule has 1 unspecified atom stereocenters. The van der Waals surface area contributed by atoms with Gasteiger partial charge in [-0.15, -0.1) is 0 Å². The summed E-state index contributed by atoms with van der Waals surface area (Å²) in [6, 6.07) is 0. The van der Waals surface area contributed by atoms with Crippen LogP contribution in [0.2, 0.25) is 0 Å². The molecule has 0 spiro atoms. The Labute approximate surface area is 124 Å². The van der Waals surface area contributed by atoms with Crippen LogP contribution in [0.3, 0.4) is 0 Å². The summed E-state index contributed by atoms with van der Waals surface area (Å²) in [5.41, 5.74) is 5.96. The second-order valence-corrected chi connectivity index (χ2v) is 5.33. The number of nitrogens with two attached hydrogens (primary N) is 1. The second kappa shape index (κ2) is 4.95. The largest absolute Gasteiger partial charge is 0.465 e. The molecule has 0 aliphatic heterocycles. The minimum atomic E-state index is -0.561. The number of rotatable bonds is 4. The molecule has 0 bridgehead atoms. The number of H-pyrrole nitrogens is 1. The normalized spacial score (nSPS) is 22.2. The fourth-order valence-corrected chi connectivity index (χ4v) is 2.29. The number of aliphatic hydroxyl groups is 1. The molecule has 0 aromatic carbocycles. The maximum absolute atomic E-state index is 11.7. The molecule has 1 atom stereocenters. The van der Waals surface area contributed by atoms with E-state index in [0.717, 1.165) is 5.57 Å². The van der Waals surface area contributed by atoms with Gasteiger partial charge in [0.25, 0.3) is 5.56 Å². The standard InChI is InChI=1S/C13H15N5O4/c1-7(20)22-5-13(4-19)2-8(13)3-18-6-15-9-10(18)16-12(14)17-11(9)21/h3,6,19H,2,4-5H2,1H3,(H3,14,16,17,21)/b8-3+. The molecule has 0 amide bonds. The van der Waals surface area contributed by atoms with Gasteiger partial charge in [-0.05, 0) is 12.0 Å². The van der Waals surface area contributed by atoms with Crippen LogP contribution < -0.4 is 11.3 Å². The highest BCUT2D eigenvalue weighted by Gasteiger charge is 2.49. The van der Waals surface area contributed by atoms with Gasteiger partial charge in [0.05, 0.1) is 12.0 Å². The summed E-state index contributed by atoms with van der Waals surface area (Å²) < 4.78 is 6.55. The first-order chi connectivity index (χ1) is 10.4. The molecule has 0 radical (unpaired) electrons. The molecule has 116 valence electrons. The zero-order valence-electron chi connectivity index (χ0n) is 11.9. The van der Waals surface area contributed by atoms with Gasteiger partial charge in [0.15, 0.2) is 11.2 Å². The van der Waals surface area contributed by atoms with Crippen LogP contribution in [0.4, 0.5) is 5.95 Å². The van der Waals surface area contributed by atoms with Gasteiger partial charge in [0.2, 0.25) is 5.95 Å². The van der Waals surface area contributed by atoms with Crippen LogP contribution in [0.1, 0.15) is 13.3 Å². The van der Waals surface area contributed by atoms with Gasteiger partial charge in [0.1, 0.15) is 12.9 Å². The Morgan fingerprint density at radius 2 is 2.45 bits per heavy atom. The molecular weight excluding hydrogens is 290 g/mol. The number of aromatic nitrogens is 4. The van der Waals surface area contributed by atoms with Crippen molar-refractivity contribution >= 4 is 29.3 Å². The molecule has 3 rings (SSSR count). The van der Waals surface area contributed by atoms with E-state index in [-0.39, 0.29) is 24.7 Å². The third-order valence-electron chi connectivity index (χ3n) is 3.68. The van der Waals surface area contributed by atoms with E-state index in [2.05, 4.69) is 15.0 Å². The number of imidazole rings is 1. The summed E-state index contributed by atoms with van der Waals surface area (Å²) in [4.78, 5) is 33.0. The van der Waals surface area contributed by atoms with E-state index in [1.807, 2.05) is 0 Å². The summed E-state index contributed by atoms with van der Waals surface area (Å²) in [5.74, 6) is -0.394. The van der Waals surface area contributed by atoms with Crippen molar-refractivity contribution < 1.29 is 14.6 Å². The lowest BCUT2D eigenvalue weighted by molar-refractivity contribution is -0.143. The molecule has 1 aliphatic carbocycles. The molecule has 4 N–H and O–H groups in total. The number of nitrogens with one attached hydrogen (secondary N) is 1. The third-order valence-corrected chi connectivity index (χ3v) is 3.68. The van der Waals surface area contributed by atoms with Gasteiger partial charge in [-0.25, -0.2) is 4.98 Å². The Morgan fingerprint density at radius 3 is 3.14 bits per heavy atom. The summed E-state index contributed by atoms with van der Waals surface area (Å²) >= 11 is 0. The lowest BCUT2D eigenvalue weighted by atomic mass is 10.1. The fourth-order valence-electron chi connectivity index (χ4n) is 2.29. The van der Waals surface area contributed by atoms with Gasteiger partial charge in [-0.2, -0.15) is 4.98 Å². The zero-order chi connectivity index (χ0) is 15.9. The van der Waals surface area contributed by atoms with Crippen LogP contribution in [0.15, 0.2) is 16.7 Å². The average Bonchev–Trinajstić information content (AvgIpc) is 3.00. The smallest absolute Gasteiger partial charge is 0.302 e. The minimum absolute atomic E-state index is 0.00165. The third kappa shape index (κ3) is 2.35. The Bertz CT molecular complexity index is 837. The average molecular weight is 305 g/mol. The van der Waals surface area contributed by atoms with Crippen molar-refractivity contribution in [3.63, 3.8) is 0 Å². The Kier molecular flexibility index (Phi) is 3.21. The summed E-state index contributed by atoms with van der Waals surface area (Å²) in [7, 11) is 0. The number of nitrogen functional groups attached to an aromatic ring is 1. The highest BCUT2D eigenvalue weighted by molar-refractivity contribution is 5.73. The molecule has 9 nitrogen and oxygen atoms in total. The van der Waals surface area contributed by atoms with E-state index in [1.165, 1.54) is 13.3 Å². The van der Waals surface area contributed by atoms with Crippen molar-refractivity contribution in [3.8, 4) is 0 Å². The minimum Gasteiger partial charge on any atom is -0.465 e. The van der Waals surface area contributed by atoms with Crippen molar-refractivity contribution in [2.24, 2.45) is 5.41 Å². The Hall–Kier alpha value is -2.68. The number of aromatic amines is 1. The maximum atomic E-state index is 11.7. The van der Waals surface area contributed by atoms with Crippen LogP contribution >= 0.6 is 0 Å². The molecular formula is C13H15N5O4. The molecule has 2 aromatic rings. The summed E-state index contributed by atoms with van der Waals surface area (Å²) in [5, 5.41) is 9.52. The molecule has 9 heteroatoms. The molecule has 0 saturated heterocycles. The summed E-state index contributed by atoms with van der Waals surface area (Å²) in [6.45, 7) is 1.31. The first kappa shape index (κ1) is 14.3. The van der Waals surface area contributed by atoms with E-state index >= 15 is 0 Å². The van der Waals surface area contributed by atoms with Crippen molar-refractivity contribution in [1.29, 1.82) is 0 Å². The van der Waals surface area contributed by atoms with Crippen LogP contribution in [0.5, 0.6) is 0 Å². The first-order valence-electron chi connectivity index (χ1n) is 6.63. The van der Waals surface area contributed by atoms with Gasteiger partial charge >= 0.3 is 5.97 Å². The quantitative estimate of drug-likeness (QED) is 0.647. The van der Waals surface area contributed by atoms with Crippen LogP contribution in [0, 0.1) is 5.41 Å². The van der Waals surface area contributed by atoms with E-state index in [4.69, 9.17) is 10.5 Å². The van der Waals surface area contributed by atoms with E-state index < -0.39 is 16.9 Å². The number of aliphatic hydroxyl groups excluding tert-OH is 1. The number of nitrogens with zero attached hydrogens (tertiary/aromatic N) is 3. The second-order valence-electron chi connectivity index (χ2n) is 5.33. The molecule has 2 aromatic heterocycles. The van der Waals surface area contributed by atoms with Gasteiger partial charge in [0, 0.05) is 13.1 Å². The molecule has 22 heavy (non-hydrogen) atoms. The van der Waals surface area contributed by atoms with Crippen LogP contribution in [-0.4, -0.2) is 43.8 Å². The lowest BCUT2D eigenvalue weighted by Crippen LogP contribution is -2.17. The topological polar surface area (TPSA) is 136 Å². The van der Waals surface area contributed by atoms with E-state index in [9.17, 15) is 14.7 Å². The molecule has 2 heterocycles. The van der Waals surface area contributed by atoms with Gasteiger partial charge in [-0.3, -0.25) is 19.1 Å². The molecule has 1 aliphatic rings. The number of hydrogen-bond acceptors (Lipinski definition) is 7. The Balaban J connectivity index is 1.94. The predicted molar refractivity (Wildman–Crippen MR) is 77.6 cm³/mol. The predicted octanol–water partition coefficient (Wildman–Crippen LogP) is -0.512. The Morgan fingerprint density at radius 1 is 1.68 bits per heavy atom. The number of fused-ring (bicyclic) bond motifs is 1. The highest BCUT2D eigenvalue weighted by atomic mass is 16.5. The van der Waals surface area contributed by atoms with Crippen LogP contribution in [-0.2, 0) is 9.53 Å². The monoisotopic (exact) mass is 305 g/mol. The van der Waals surface area contributed by atoms with Crippen molar-refractivity contribution in [1.82, 2.24) is 19.5 Å². The number of carbonyl (C=O) groups excluding carboxylic acids is 1. The van der Waals surface area contributed by atoms with E-state index in [0.29, 0.717) is 12.1 Å². The maximum Gasteiger partial charge on any atom is 0.302 e. The number of carbonyl (C=O) groups is 1. The fraction of sp³-hybridized carbons (Fsp3) is 0.385. The van der Waals surface area contributed by atoms with Crippen LogP contribution in [0.25, 0.3) is 17.4 Å². The lowest BCUT2D eigenvalue weighted by Gasteiger charge is -2.10. The highest BCUT2D eigenvalue weighted by Crippen LogP contribution is 2.52. The first-order valence-corrected chi connectivity index (χ1v) is 6.63. The number of esters is 1. The van der Waals surface area contributed by atoms with Crippen molar-refractivity contribution in [2.75, 3.05) is 18.9 Å². The zero-order valence-corrected chi connectivity index (χ0v) is 11.9. The SMILES string of the molecule is CC(=O)OCC1(CO)C/C1=C\n1cnc2c(=O)[nH]c(N)nc21. The summed E-state index contributed by atoms with van der Waals surface area (Å²) in [6.07, 6.45) is 3.77. The van der Waals surface area contributed by atoms with Crippen molar-refractivity contribution in [2.45, 2.75) is 13.3 Å². The van der Waals surface area contributed by atoms with Gasteiger partial charge in [-0.1, -0.05) is 0 Å².